The summed E-state index contributed by atoms with van der Waals surface area (Å²) in [4.78, 5) is 80.7. The van der Waals surface area contributed by atoms with Crippen molar-refractivity contribution in [1.29, 1.82) is 0 Å². The predicted octanol–water partition coefficient (Wildman–Crippen LogP) is 5.65. The number of carbonyl (C=O) groups is 2. The van der Waals surface area contributed by atoms with Gasteiger partial charge in [-0.25, -0.2) is 9.59 Å². The van der Waals surface area contributed by atoms with Crippen LogP contribution in [-0.4, -0.2) is 77.5 Å². The Morgan fingerprint density at radius 3 is 1.66 bits per heavy atom. The Morgan fingerprint density at radius 2 is 1.20 bits per heavy atom. The topological polar surface area (TPSA) is 178 Å². The van der Waals surface area contributed by atoms with Crippen molar-refractivity contribution < 1.29 is 37.7 Å². The maximum absolute atomic E-state index is 14.0. The van der Waals surface area contributed by atoms with E-state index in [1.165, 1.54) is 33.0 Å². The minimum atomic E-state index is -2.25. The fraction of sp³-hybridized carbons (Fsp3) is 0.532. The van der Waals surface area contributed by atoms with Crippen LogP contribution in [0.3, 0.4) is 0 Å². The number of rotatable bonds is 17. The van der Waals surface area contributed by atoms with Gasteiger partial charge in [0.2, 0.25) is 0 Å². The molecule has 6 rings (SSSR count). The van der Waals surface area contributed by atoms with Crippen LogP contribution in [0.4, 0.5) is 0 Å². The monoisotopic (exact) mass is 902 g/mol. The van der Waals surface area contributed by atoms with Crippen molar-refractivity contribution in [3.63, 3.8) is 0 Å². The Hall–Kier alpha value is -5.36. The molecule has 2 aliphatic rings. The Morgan fingerprint density at radius 1 is 0.734 bits per heavy atom. The first kappa shape index (κ1) is 48.1. The van der Waals surface area contributed by atoms with E-state index in [4.69, 9.17) is 28.1 Å². The summed E-state index contributed by atoms with van der Waals surface area (Å²) in [6.45, 7) is 15.6. The molecule has 16 nitrogen and oxygen atoms in total. The second-order valence-corrected chi connectivity index (χ2v) is 23.3. The molecule has 0 amide bonds. The van der Waals surface area contributed by atoms with Crippen molar-refractivity contribution in [3.8, 4) is 11.5 Å². The number of Topliss-reactive ketones (excluding diaryl/α,β-unsaturated/α-hetero) is 1. The standard InChI is InChI=1S/C47H62N4O12Si/c1-29-24-48(45(56)50(43(29)54)26-32-11-16-36(58-7)17-12-32)41-22-34(40(63-41)28-60-64(9,10)47(4,5)6)21-35(53)15-20-38-39(61-31(3)52)23-42(62-38)49-25-30(2)44(55)51(46(49)57)27-33-13-18-37(59-8)19-14-33/h11-14,16-19,24-25,34,38-42H,15,20-23,26-28H2,1-10H3/t34-,38+,39-,40+,41+,42+/m0/s1. The molecule has 0 unspecified atom stereocenters. The van der Waals surface area contributed by atoms with Gasteiger partial charge in [0.05, 0.1) is 46.1 Å². The zero-order valence-electron chi connectivity index (χ0n) is 38.6. The summed E-state index contributed by atoms with van der Waals surface area (Å²) in [5.41, 5.74) is 0.228. The molecule has 64 heavy (non-hydrogen) atoms. The maximum atomic E-state index is 14.0. The molecule has 0 bridgehead atoms. The number of ketones is 1. The van der Waals surface area contributed by atoms with E-state index in [1.807, 2.05) is 0 Å². The molecule has 0 radical (unpaired) electrons. The van der Waals surface area contributed by atoms with Gasteiger partial charge in [-0.2, -0.15) is 0 Å². The van der Waals surface area contributed by atoms with Gasteiger partial charge in [0, 0.05) is 49.7 Å². The molecule has 0 saturated carbocycles. The van der Waals surface area contributed by atoms with Gasteiger partial charge in [-0.05, 0) is 86.1 Å². The van der Waals surface area contributed by atoms with Crippen LogP contribution in [0.2, 0.25) is 18.1 Å². The lowest BCUT2D eigenvalue weighted by Gasteiger charge is -2.37. The molecule has 0 aliphatic carbocycles. The summed E-state index contributed by atoms with van der Waals surface area (Å²) in [5, 5.41) is -0.0867. The number of methoxy groups -OCH3 is 2. The number of nitrogens with zero attached hydrogens (tertiary/aromatic N) is 4. The van der Waals surface area contributed by atoms with Crippen LogP contribution in [-0.2, 0) is 41.3 Å². The van der Waals surface area contributed by atoms with Gasteiger partial charge in [0.15, 0.2) is 8.32 Å². The van der Waals surface area contributed by atoms with E-state index in [0.717, 1.165) is 15.7 Å². The average molecular weight is 903 g/mol. The van der Waals surface area contributed by atoms with Crippen LogP contribution < -0.4 is 32.0 Å². The molecule has 0 N–H and O–H groups in total. The van der Waals surface area contributed by atoms with Crippen molar-refractivity contribution in [3.05, 3.63) is 125 Å². The Balaban J connectivity index is 1.20. The molecule has 4 aromatic rings. The summed E-state index contributed by atoms with van der Waals surface area (Å²) >= 11 is 0. The largest absolute Gasteiger partial charge is 0.497 e. The predicted molar refractivity (Wildman–Crippen MR) is 242 cm³/mol. The molecule has 2 saturated heterocycles. The molecule has 2 aliphatic heterocycles. The van der Waals surface area contributed by atoms with Gasteiger partial charge in [0.25, 0.3) is 11.1 Å². The lowest BCUT2D eigenvalue weighted by molar-refractivity contribution is -0.149. The van der Waals surface area contributed by atoms with E-state index >= 15 is 0 Å². The summed E-state index contributed by atoms with van der Waals surface area (Å²) in [6, 6.07) is 14.2. The zero-order valence-corrected chi connectivity index (χ0v) is 39.6. The number of benzene rings is 2. The fourth-order valence-corrected chi connectivity index (χ4v) is 9.07. The fourth-order valence-electron chi connectivity index (χ4n) is 8.05. The lowest BCUT2D eigenvalue weighted by atomic mass is 9.92. The van der Waals surface area contributed by atoms with Gasteiger partial charge in [-0.3, -0.25) is 37.4 Å². The first-order valence-corrected chi connectivity index (χ1v) is 24.6. The smallest absolute Gasteiger partial charge is 0.333 e. The third-order valence-electron chi connectivity index (χ3n) is 12.8. The molecule has 346 valence electrons. The van der Waals surface area contributed by atoms with Crippen LogP contribution in [0.15, 0.2) is 80.1 Å². The minimum Gasteiger partial charge on any atom is -0.497 e. The van der Waals surface area contributed by atoms with E-state index < -0.39 is 67.6 Å². The van der Waals surface area contributed by atoms with Crippen molar-refractivity contribution in [2.75, 3.05) is 20.8 Å². The van der Waals surface area contributed by atoms with Crippen molar-refractivity contribution in [2.45, 2.75) is 136 Å². The second-order valence-electron chi connectivity index (χ2n) is 18.5. The maximum Gasteiger partial charge on any atom is 0.333 e. The number of hydrogen-bond acceptors (Lipinski definition) is 12. The highest BCUT2D eigenvalue weighted by atomic mass is 28.4. The van der Waals surface area contributed by atoms with E-state index in [-0.39, 0.29) is 62.1 Å². The second kappa shape index (κ2) is 19.8. The van der Waals surface area contributed by atoms with Crippen LogP contribution in [0, 0.1) is 19.8 Å². The van der Waals surface area contributed by atoms with E-state index in [1.54, 1.807) is 76.6 Å². The highest BCUT2D eigenvalue weighted by Crippen LogP contribution is 2.40. The van der Waals surface area contributed by atoms with Gasteiger partial charge in [-0.15, -0.1) is 0 Å². The molecule has 0 spiro atoms. The van der Waals surface area contributed by atoms with E-state index in [0.29, 0.717) is 29.0 Å². The first-order valence-electron chi connectivity index (χ1n) is 21.7. The van der Waals surface area contributed by atoms with Gasteiger partial charge in [0.1, 0.15) is 35.8 Å². The van der Waals surface area contributed by atoms with E-state index in [9.17, 15) is 28.8 Å². The average Bonchev–Trinajstić information content (AvgIpc) is 3.84. The van der Waals surface area contributed by atoms with Crippen molar-refractivity contribution >= 4 is 20.1 Å². The highest BCUT2D eigenvalue weighted by Gasteiger charge is 2.43. The van der Waals surface area contributed by atoms with Gasteiger partial charge >= 0.3 is 17.3 Å². The third kappa shape index (κ3) is 10.9. The number of aryl methyl sites for hydroxylation is 2. The van der Waals surface area contributed by atoms with E-state index in [2.05, 4.69) is 33.9 Å². The highest BCUT2D eigenvalue weighted by molar-refractivity contribution is 6.74. The van der Waals surface area contributed by atoms with Crippen LogP contribution in [0.1, 0.15) is 94.5 Å². The number of hydrogen-bond donors (Lipinski definition) is 0. The minimum absolute atomic E-state index is 0.0247. The van der Waals surface area contributed by atoms with Gasteiger partial charge in [-0.1, -0.05) is 45.0 Å². The quantitative estimate of drug-likeness (QED) is 0.0942. The zero-order chi connectivity index (χ0) is 46.7. The first-order chi connectivity index (χ1) is 30.2. The summed E-state index contributed by atoms with van der Waals surface area (Å²) in [5.74, 6) is 0.350. The molecule has 6 atom stereocenters. The summed E-state index contributed by atoms with van der Waals surface area (Å²) in [7, 11) is 0.869. The lowest BCUT2D eigenvalue weighted by Crippen LogP contribution is -2.44. The third-order valence-corrected chi connectivity index (χ3v) is 17.3. The molecule has 2 aromatic carbocycles. The molecule has 17 heteroatoms. The Labute approximate surface area is 373 Å². The van der Waals surface area contributed by atoms with Crippen LogP contribution in [0.25, 0.3) is 0 Å². The number of aromatic nitrogens is 4. The molecular weight excluding hydrogens is 841 g/mol. The Bertz CT molecular complexity index is 2550. The molecular formula is C47H62N4O12Si. The van der Waals surface area contributed by atoms with Crippen molar-refractivity contribution in [2.24, 2.45) is 5.92 Å². The van der Waals surface area contributed by atoms with Crippen LogP contribution >= 0.6 is 0 Å². The summed E-state index contributed by atoms with van der Waals surface area (Å²) < 4.78 is 40.9. The number of ether oxygens (including phenoxy) is 5. The number of esters is 1. The SMILES string of the molecule is COc1ccc(Cn2c(=O)c(C)cn([C@H]3C[C@H](CC(=O)CC[C@H]4O[C@@H](n5cc(C)c(=O)n(Cc6ccc(OC)cc6)c5=O)C[C@@H]4OC(C)=O)[C@@H](CO[Si](C)(C)C(C)(C)C)O3)c2=O)cc1. The normalized spacial score (nSPS) is 21.2. The van der Waals surface area contributed by atoms with Crippen molar-refractivity contribution in [1.82, 2.24) is 18.3 Å². The summed E-state index contributed by atoms with van der Waals surface area (Å²) in [6.07, 6.45) is 0.204. The molecule has 2 fully saturated rings. The molecule has 2 aromatic heterocycles. The number of carbonyl (C=O) groups excluding carboxylic acids is 2. The van der Waals surface area contributed by atoms with Gasteiger partial charge < -0.3 is 28.1 Å². The Kier molecular flexibility index (Phi) is 14.9. The van der Waals surface area contributed by atoms with Crippen LogP contribution in [0.5, 0.6) is 11.5 Å². The molecule has 4 heterocycles.